The van der Waals surface area contributed by atoms with Crippen LogP contribution in [0.3, 0.4) is 0 Å². The van der Waals surface area contributed by atoms with Gasteiger partial charge in [-0.05, 0) is 12.8 Å². The minimum absolute atomic E-state index is 0.0152. The van der Waals surface area contributed by atoms with Gasteiger partial charge in [-0.1, -0.05) is 51.1 Å². The molecule has 0 aliphatic carbocycles. The summed E-state index contributed by atoms with van der Waals surface area (Å²) in [6, 6.07) is 9.97. The van der Waals surface area contributed by atoms with E-state index in [-0.39, 0.29) is 23.9 Å². The van der Waals surface area contributed by atoms with Gasteiger partial charge in [0.1, 0.15) is 0 Å². The molecule has 3 atom stereocenters. The van der Waals surface area contributed by atoms with E-state index in [4.69, 9.17) is 9.47 Å². The zero-order valence-electron chi connectivity index (χ0n) is 12.0. The molecule has 1 aliphatic heterocycles. The molecule has 1 heterocycles. The van der Waals surface area contributed by atoms with Crippen LogP contribution in [0.4, 0.5) is 0 Å². The Kier molecular flexibility index (Phi) is 4.61. The molecule has 0 spiro atoms. The molecular weight excluding hydrogens is 240 g/mol. The van der Waals surface area contributed by atoms with Gasteiger partial charge in [-0.15, -0.1) is 0 Å². The highest BCUT2D eigenvalue weighted by atomic mass is 16.7. The van der Waals surface area contributed by atoms with E-state index in [0.29, 0.717) is 6.61 Å². The Bertz CT molecular complexity index is 388. The Morgan fingerprint density at radius 2 is 2.00 bits per heavy atom. The Morgan fingerprint density at radius 1 is 1.32 bits per heavy atom. The summed E-state index contributed by atoms with van der Waals surface area (Å²) in [4.78, 5) is 0. The maximum Gasteiger partial charge on any atom is 0.184 e. The molecule has 2 rings (SSSR count). The van der Waals surface area contributed by atoms with Crippen molar-refractivity contribution >= 4 is 0 Å². The van der Waals surface area contributed by atoms with Crippen molar-refractivity contribution in [3.8, 4) is 0 Å². The predicted molar refractivity (Wildman–Crippen MR) is 74.7 cm³/mol. The average molecular weight is 264 g/mol. The lowest BCUT2D eigenvalue weighted by molar-refractivity contribution is -0.251. The molecule has 0 unspecified atom stereocenters. The predicted octanol–water partition coefficient (Wildman–Crippen LogP) is 3.29. The number of benzene rings is 1. The van der Waals surface area contributed by atoms with E-state index in [1.54, 1.807) is 0 Å². The third kappa shape index (κ3) is 3.16. The Balaban J connectivity index is 2.09. The molecule has 19 heavy (non-hydrogen) atoms. The molecule has 0 radical (unpaired) electrons. The highest BCUT2D eigenvalue weighted by Crippen LogP contribution is 2.38. The summed E-state index contributed by atoms with van der Waals surface area (Å²) < 4.78 is 11.8. The number of rotatable bonds is 4. The number of aliphatic hydroxyl groups is 1. The van der Waals surface area contributed by atoms with Crippen molar-refractivity contribution in [3.63, 3.8) is 0 Å². The first-order valence-corrected chi connectivity index (χ1v) is 7.05. The molecular formula is C16H24O3. The van der Waals surface area contributed by atoms with E-state index < -0.39 is 0 Å². The first-order chi connectivity index (χ1) is 9.05. The van der Waals surface area contributed by atoms with Gasteiger partial charge < -0.3 is 14.6 Å². The smallest absolute Gasteiger partial charge is 0.184 e. The van der Waals surface area contributed by atoms with Crippen molar-refractivity contribution in [1.29, 1.82) is 0 Å². The molecule has 0 bridgehead atoms. The lowest BCUT2D eigenvalue weighted by atomic mass is 9.78. The van der Waals surface area contributed by atoms with Gasteiger partial charge in [-0.25, -0.2) is 0 Å². The van der Waals surface area contributed by atoms with Crippen LogP contribution < -0.4 is 0 Å². The number of hydrogen-bond donors (Lipinski definition) is 1. The van der Waals surface area contributed by atoms with Crippen molar-refractivity contribution in [1.82, 2.24) is 0 Å². The Labute approximate surface area is 115 Å². The van der Waals surface area contributed by atoms with Gasteiger partial charge in [0.15, 0.2) is 6.29 Å². The second-order valence-corrected chi connectivity index (χ2v) is 5.77. The number of hydrogen-bond acceptors (Lipinski definition) is 3. The van der Waals surface area contributed by atoms with E-state index in [0.717, 1.165) is 18.4 Å². The van der Waals surface area contributed by atoms with Gasteiger partial charge in [0, 0.05) is 11.0 Å². The van der Waals surface area contributed by atoms with Crippen molar-refractivity contribution in [2.75, 3.05) is 6.61 Å². The molecule has 1 aromatic carbocycles. The van der Waals surface area contributed by atoms with E-state index in [1.807, 2.05) is 37.3 Å². The summed E-state index contributed by atoms with van der Waals surface area (Å²) in [7, 11) is 0. The average Bonchev–Trinajstić information content (AvgIpc) is 2.47. The second kappa shape index (κ2) is 6.04. The van der Waals surface area contributed by atoms with Crippen LogP contribution in [0.5, 0.6) is 0 Å². The highest BCUT2D eigenvalue weighted by molar-refractivity contribution is 5.16. The van der Waals surface area contributed by atoms with E-state index in [9.17, 15) is 5.11 Å². The van der Waals surface area contributed by atoms with Crippen molar-refractivity contribution < 1.29 is 14.6 Å². The van der Waals surface area contributed by atoms with E-state index in [2.05, 4.69) is 13.8 Å². The van der Waals surface area contributed by atoms with Crippen LogP contribution in [-0.4, -0.2) is 23.9 Å². The first kappa shape index (κ1) is 14.5. The van der Waals surface area contributed by atoms with Crippen LogP contribution in [0.25, 0.3) is 0 Å². The van der Waals surface area contributed by atoms with Crippen LogP contribution in [0.1, 0.15) is 45.5 Å². The van der Waals surface area contributed by atoms with Gasteiger partial charge >= 0.3 is 0 Å². The van der Waals surface area contributed by atoms with Gasteiger partial charge in [-0.3, -0.25) is 0 Å². The molecule has 0 amide bonds. The maximum atomic E-state index is 10.2. The Morgan fingerprint density at radius 3 is 2.63 bits per heavy atom. The summed E-state index contributed by atoms with van der Waals surface area (Å²) in [6.07, 6.45) is 0.911. The molecule has 0 saturated carbocycles. The summed E-state index contributed by atoms with van der Waals surface area (Å²) in [5.41, 5.74) is 0.778. The summed E-state index contributed by atoms with van der Waals surface area (Å²) in [5.74, 6) is 0. The fourth-order valence-electron chi connectivity index (χ4n) is 2.61. The quantitative estimate of drug-likeness (QED) is 0.907. The normalized spacial score (nSPS) is 26.1. The third-order valence-corrected chi connectivity index (χ3v) is 4.08. The van der Waals surface area contributed by atoms with Gasteiger partial charge in [-0.2, -0.15) is 0 Å². The fourth-order valence-corrected chi connectivity index (χ4v) is 2.61. The minimum Gasteiger partial charge on any atom is -0.392 e. The highest BCUT2D eigenvalue weighted by Gasteiger charge is 2.40. The third-order valence-electron chi connectivity index (χ3n) is 4.08. The second-order valence-electron chi connectivity index (χ2n) is 5.77. The van der Waals surface area contributed by atoms with Crippen LogP contribution >= 0.6 is 0 Å². The molecule has 1 aliphatic rings. The van der Waals surface area contributed by atoms with Crippen molar-refractivity contribution in [2.45, 2.75) is 52.1 Å². The molecule has 106 valence electrons. The van der Waals surface area contributed by atoms with Crippen LogP contribution in [0.2, 0.25) is 0 Å². The van der Waals surface area contributed by atoms with Gasteiger partial charge in [0.05, 0.1) is 18.8 Å². The van der Waals surface area contributed by atoms with Gasteiger partial charge in [0.2, 0.25) is 0 Å². The zero-order chi connectivity index (χ0) is 13.9. The zero-order valence-corrected chi connectivity index (χ0v) is 12.0. The standard InChI is InChI=1S/C16H24O3/c1-4-13(17)16(2,3)14-10-11-18-15(19-14)12-8-6-5-7-9-12/h5-9,13-15,17H,4,10-11H2,1-3H3/t13-,14-,15-/m0/s1. The molecule has 1 fully saturated rings. The van der Waals surface area contributed by atoms with Crippen molar-refractivity contribution in [2.24, 2.45) is 5.41 Å². The van der Waals surface area contributed by atoms with Crippen molar-refractivity contribution in [3.05, 3.63) is 35.9 Å². The minimum atomic E-state index is -0.355. The lowest BCUT2D eigenvalue weighted by Gasteiger charge is -2.42. The SMILES string of the molecule is CC[C@H](O)C(C)(C)[C@@H]1CCO[C@H](c2ccccc2)O1. The van der Waals surface area contributed by atoms with Crippen LogP contribution in [0, 0.1) is 5.41 Å². The number of aliphatic hydroxyl groups excluding tert-OH is 1. The topological polar surface area (TPSA) is 38.7 Å². The molecule has 3 nitrogen and oxygen atoms in total. The fraction of sp³-hybridized carbons (Fsp3) is 0.625. The van der Waals surface area contributed by atoms with Crippen LogP contribution in [0.15, 0.2) is 30.3 Å². The monoisotopic (exact) mass is 264 g/mol. The lowest BCUT2D eigenvalue weighted by Crippen LogP contribution is -2.45. The summed E-state index contributed by atoms with van der Waals surface area (Å²) in [5, 5.41) is 10.2. The molecule has 1 aromatic rings. The van der Waals surface area contributed by atoms with Gasteiger partial charge in [0.25, 0.3) is 0 Å². The maximum absolute atomic E-state index is 10.2. The van der Waals surface area contributed by atoms with E-state index >= 15 is 0 Å². The molecule has 1 N–H and O–H groups in total. The molecule has 0 aromatic heterocycles. The van der Waals surface area contributed by atoms with E-state index in [1.165, 1.54) is 0 Å². The van der Waals surface area contributed by atoms with Crippen LogP contribution in [-0.2, 0) is 9.47 Å². The number of ether oxygens (including phenoxy) is 2. The first-order valence-electron chi connectivity index (χ1n) is 7.05. The molecule has 3 heteroatoms. The largest absolute Gasteiger partial charge is 0.392 e. The summed E-state index contributed by atoms with van der Waals surface area (Å²) >= 11 is 0. The Hall–Kier alpha value is -0.900. The molecule has 1 saturated heterocycles. The summed E-state index contributed by atoms with van der Waals surface area (Å²) in [6.45, 7) is 6.81.